The third-order valence-electron chi connectivity index (χ3n) is 4.53. The Labute approximate surface area is 147 Å². The van der Waals surface area contributed by atoms with E-state index in [1.54, 1.807) is 27.3 Å². The van der Waals surface area contributed by atoms with Crippen LogP contribution in [0.25, 0.3) is 0 Å². The second-order valence-corrected chi connectivity index (χ2v) is 6.14. The third-order valence-corrected chi connectivity index (χ3v) is 4.53. The molecule has 2 aromatic carbocycles. The summed E-state index contributed by atoms with van der Waals surface area (Å²) in [6.07, 6.45) is 1.69. The maximum atomic E-state index is 11.9. The molecule has 2 aromatic rings. The van der Waals surface area contributed by atoms with Gasteiger partial charge in [0, 0.05) is 18.5 Å². The van der Waals surface area contributed by atoms with E-state index < -0.39 is 0 Å². The number of carbonyl (C=O) groups is 1. The Morgan fingerprint density at radius 2 is 2.00 bits per heavy atom. The average molecular weight is 341 g/mol. The number of carbonyl (C=O) groups excluding carboxylic acids is 1. The molecule has 0 aliphatic carbocycles. The van der Waals surface area contributed by atoms with Crippen LogP contribution in [0.3, 0.4) is 0 Å². The van der Waals surface area contributed by atoms with Crippen molar-refractivity contribution in [3.05, 3.63) is 53.1 Å². The van der Waals surface area contributed by atoms with Crippen molar-refractivity contribution < 1.29 is 19.0 Å². The molecular weight excluding hydrogens is 318 g/mol. The lowest BCUT2D eigenvalue weighted by molar-refractivity contribution is 0.0963. The Kier molecular flexibility index (Phi) is 5.12. The molecule has 0 fully saturated rings. The summed E-state index contributed by atoms with van der Waals surface area (Å²) in [6, 6.07) is 11.5. The smallest absolute Gasteiger partial charge is 0.251 e. The molecule has 1 atom stereocenters. The van der Waals surface area contributed by atoms with Crippen LogP contribution in [0, 0.1) is 5.92 Å². The summed E-state index contributed by atoms with van der Waals surface area (Å²) < 4.78 is 16.8. The van der Waals surface area contributed by atoms with Crippen LogP contribution < -0.4 is 19.5 Å². The Balaban J connectivity index is 1.82. The Morgan fingerprint density at radius 1 is 1.20 bits per heavy atom. The van der Waals surface area contributed by atoms with E-state index in [-0.39, 0.29) is 5.91 Å². The summed E-state index contributed by atoms with van der Waals surface area (Å²) in [5.74, 6) is 2.62. The molecule has 132 valence electrons. The topological polar surface area (TPSA) is 56.8 Å². The van der Waals surface area contributed by atoms with Gasteiger partial charge in [-0.1, -0.05) is 12.1 Å². The van der Waals surface area contributed by atoms with E-state index in [2.05, 4.69) is 11.4 Å². The fraction of sp³-hybridized carbons (Fsp3) is 0.350. The number of hydrogen-bond donors (Lipinski definition) is 1. The third kappa shape index (κ3) is 3.55. The largest absolute Gasteiger partial charge is 0.496 e. The van der Waals surface area contributed by atoms with Crippen molar-refractivity contribution in [2.45, 2.75) is 12.8 Å². The minimum atomic E-state index is -0.0983. The molecule has 1 amide bonds. The fourth-order valence-corrected chi connectivity index (χ4v) is 3.28. The van der Waals surface area contributed by atoms with Crippen LogP contribution in [0.4, 0.5) is 0 Å². The number of methoxy groups -OCH3 is 2. The van der Waals surface area contributed by atoms with Gasteiger partial charge in [0.15, 0.2) is 11.5 Å². The van der Waals surface area contributed by atoms with Crippen molar-refractivity contribution in [2.24, 2.45) is 5.92 Å². The number of rotatable bonds is 5. The molecule has 5 heteroatoms. The molecule has 0 bridgehead atoms. The van der Waals surface area contributed by atoms with Gasteiger partial charge in [-0.15, -0.1) is 0 Å². The number of fused-ring (bicyclic) bond motifs is 1. The Hall–Kier alpha value is -2.69. The quantitative estimate of drug-likeness (QED) is 0.909. The molecule has 3 rings (SSSR count). The summed E-state index contributed by atoms with van der Waals surface area (Å²) in [6.45, 7) is 0.612. The van der Waals surface area contributed by atoms with Gasteiger partial charge in [0.2, 0.25) is 0 Å². The number of ether oxygens (including phenoxy) is 3. The normalized spacial score (nSPS) is 15.7. The molecule has 25 heavy (non-hydrogen) atoms. The highest BCUT2D eigenvalue weighted by Gasteiger charge is 2.24. The molecule has 0 radical (unpaired) electrons. The van der Waals surface area contributed by atoms with Gasteiger partial charge in [-0.3, -0.25) is 4.79 Å². The second-order valence-electron chi connectivity index (χ2n) is 6.14. The molecule has 0 unspecified atom stereocenters. The van der Waals surface area contributed by atoms with E-state index in [1.807, 2.05) is 24.3 Å². The van der Waals surface area contributed by atoms with Crippen molar-refractivity contribution in [2.75, 3.05) is 27.9 Å². The van der Waals surface area contributed by atoms with Crippen molar-refractivity contribution in [1.29, 1.82) is 0 Å². The van der Waals surface area contributed by atoms with Gasteiger partial charge in [-0.2, -0.15) is 0 Å². The van der Waals surface area contributed by atoms with Crippen LogP contribution in [0.5, 0.6) is 17.2 Å². The molecule has 0 spiro atoms. The number of amides is 1. The van der Waals surface area contributed by atoms with E-state index in [0.717, 1.165) is 41.2 Å². The minimum Gasteiger partial charge on any atom is -0.496 e. The van der Waals surface area contributed by atoms with Crippen LogP contribution in [0.2, 0.25) is 0 Å². The number of hydrogen-bond acceptors (Lipinski definition) is 4. The molecule has 5 nitrogen and oxygen atoms in total. The van der Waals surface area contributed by atoms with Gasteiger partial charge in [0.1, 0.15) is 5.75 Å². The molecule has 0 saturated heterocycles. The lowest BCUT2D eigenvalue weighted by atomic mass is 9.90. The van der Waals surface area contributed by atoms with Crippen LogP contribution >= 0.6 is 0 Å². The first kappa shape index (κ1) is 17.1. The van der Waals surface area contributed by atoms with Gasteiger partial charge < -0.3 is 19.5 Å². The molecule has 0 aromatic heterocycles. The maximum Gasteiger partial charge on any atom is 0.251 e. The summed E-state index contributed by atoms with van der Waals surface area (Å²) in [5.41, 5.74) is 2.80. The first-order chi connectivity index (χ1) is 12.2. The summed E-state index contributed by atoms with van der Waals surface area (Å²) in [5, 5.41) is 2.66. The van der Waals surface area contributed by atoms with Gasteiger partial charge in [0.05, 0.1) is 20.8 Å². The summed E-state index contributed by atoms with van der Waals surface area (Å²) >= 11 is 0. The summed E-state index contributed by atoms with van der Waals surface area (Å²) in [7, 11) is 4.93. The van der Waals surface area contributed by atoms with E-state index >= 15 is 0 Å². The SMILES string of the molecule is CNC(=O)c1ccc(OC)c(C[C@@H]2COc3c(cccc3OC)C2)c1. The van der Waals surface area contributed by atoms with E-state index in [1.165, 1.54) is 0 Å². The van der Waals surface area contributed by atoms with Crippen molar-refractivity contribution in [1.82, 2.24) is 5.32 Å². The predicted octanol–water partition coefficient (Wildman–Crippen LogP) is 2.86. The highest BCUT2D eigenvalue weighted by molar-refractivity contribution is 5.94. The lowest BCUT2D eigenvalue weighted by Crippen LogP contribution is -2.24. The standard InChI is InChI=1S/C20H23NO4/c1-21-20(22)15-7-8-17(23-2)16(11-15)10-13-9-14-5-4-6-18(24-3)19(14)25-12-13/h4-8,11,13H,9-10,12H2,1-3H3,(H,21,22)/t13-/m1/s1. The van der Waals surface area contributed by atoms with Gasteiger partial charge in [-0.25, -0.2) is 0 Å². The zero-order valence-corrected chi connectivity index (χ0v) is 14.8. The molecule has 0 saturated carbocycles. The van der Waals surface area contributed by atoms with Crippen molar-refractivity contribution >= 4 is 5.91 Å². The zero-order chi connectivity index (χ0) is 17.8. The fourth-order valence-electron chi connectivity index (χ4n) is 3.28. The number of benzene rings is 2. The van der Waals surface area contributed by atoms with Crippen LogP contribution in [-0.4, -0.2) is 33.8 Å². The number of para-hydroxylation sites is 1. The zero-order valence-electron chi connectivity index (χ0n) is 14.8. The molecule has 1 aliphatic rings. The highest BCUT2D eigenvalue weighted by atomic mass is 16.5. The van der Waals surface area contributed by atoms with Crippen LogP contribution in [0.1, 0.15) is 21.5 Å². The Morgan fingerprint density at radius 3 is 2.72 bits per heavy atom. The van der Waals surface area contributed by atoms with E-state index in [4.69, 9.17) is 14.2 Å². The summed E-state index contributed by atoms with van der Waals surface area (Å²) in [4.78, 5) is 11.9. The lowest BCUT2D eigenvalue weighted by Gasteiger charge is -2.27. The predicted molar refractivity (Wildman–Crippen MR) is 95.8 cm³/mol. The first-order valence-corrected chi connectivity index (χ1v) is 8.34. The highest BCUT2D eigenvalue weighted by Crippen LogP contribution is 2.37. The molecule has 1 aliphatic heterocycles. The average Bonchev–Trinajstić information content (AvgIpc) is 2.66. The van der Waals surface area contributed by atoms with Gasteiger partial charge >= 0.3 is 0 Å². The van der Waals surface area contributed by atoms with Gasteiger partial charge in [0.25, 0.3) is 5.91 Å². The second kappa shape index (κ2) is 7.47. The maximum absolute atomic E-state index is 11.9. The van der Waals surface area contributed by atoms with E-state index in [0.29, 0.717) is 18.1 Å². The van der Waals surface area contributed by atoms with E-state index in [9.17, 15) is 4.79 Å². The Bertz CT molecular complexity index is 772. The van der Waals surface area contributed by atoms with Crippen LogP contribution in [0.15, 0.2) is 36.4 Å². The van der Waals surface area contributed by atoms with Crippen LogP contribution in [-0.2, 0) is 12.8 Å². The molecule has 1 N–H and O–H groups in total. The van der Waals surface area contributed by atoms with Crippen molar-refractivity contribution in [3.8, 4) is 17.2 Å². The van der Waals surface area contributed by atoms with Crippen molar-refractivity contribution in [3.63, 3.8) is 0 Å². The molecule has 1 heterocycles. The first-order valence-electron chi connectivity index (χ1n) is 8.34. The van der Waals surface area contributed by atoms with Gasteiger partial charge in [-0.05, 0) is 48.2 Å². The number of nitrogens with one attached hydrogen (secondary N) is 1. The minimum absolute atomic E-state index is 0.0983. The molecular formula is C20H23NO4. The monoisotopic (exact) mass is 341 g/mol.